The van der Waals surface area contributed by atoms with Crippen LogP contribution in [0.5, 0.6) is 0 Å². The summed E-state index contributed by atoms with van der Waals surface area (Å²) in [6.45, 7) is 1.74. The molecule has 0 bridgehead atoms. The number of carbonyl (C=O) groups excluding carboxylic acids is 2. The fourth-order valence-corrected chi connectivity index (χ4v) is 4.53. The van der Waals surface area contributed by atoms with Crippen molar-refractivity contribution >= 4 is 39.1 Å². The van der Waals surface area contributed by atoms with Crippen LogP contribution in [0.4, 0.5) is 17.1 Å². The third-order valence-corrected chi connectivity index (χ3v) is 6.36. The molecule has 8 nitrogen and oxygen atoms in total. The van der Waals surface area contributed by atoms with Crippen molar-refractivity contribution in [2.75, 3.05) is 17.7 Å². The Labute approximate surface area is 179 Å². The number of aryl methyl sites for hydroxylation is 1. The molecule has 0 amide bonds. The minimum atomic E-state index is -4.12. The van der Waals surface area contributed by atoms with E-state index in [9.17, 15) is 18.4 Å². The lowest BCUT2D eigenvalue weighted by Gasteiger charge is -2.23. The Hall–Kier alpha value is -3.37. The number of carbonyl (C=O) groups is 2. The summed E-state index contributed by atoms with van der Waals surface area (Å²) in [6, 6.07) is 14.7. The molecule has 5 N–H and O–H groups in total. The number of hydrogen-bond acceptors (Lipinski definition) is 6. The highest BCUT2D eigenvalue weighted by atomic mass is 32.3. The van der Waals surface area contributed by atoms with Crippen LogP contribution in [0.2, 0.25) is 0 Å². The lowest BCUT2D eigenvalue weighted by atomic mass is 9.82. The van der Waals surface area contributed by atoms with Crippen molar-refractivity contribution in [1.29, 1.82) is 0 Å². The van der Waals surface area contributed by atoms with Crippen LogP contribution in [0.3, 0.4) is 0 Å². The van der Waals surface area contributed by atoms with E-state index in [0.717, 1.165) is 0 Å². The van der Waals surface area contributed by atoms with E-state index in [2.05, 4.69) is 20.8 Å². The van der Waals surface area contributed by atoms with E-state index in [0.29, 0.717) is 28.1 Å². The van der Waals surface area contributed by atoms with Gasteiger partial charge in [0.2, 0.25) is 0 Å². The molecule has 1 radical (unpaired) electrons. The molecule has 0 heterocycles. The number of fused-ring (bicyclic) bond motifs is 2. The molecule has 1 aliphatic carbocycles. The van der Waals surface area contributed by atoms with Crippen molar-refractivity contribution in [2.24, 2.45) is 0 Å². The van der Waals surface area contributed by atoms with Gasteiger partial charge in [0, 0.05) is 29.9 Å². The summed E-state index contributed by atoms with van der Waals surface area (Å²) < 4.78 is 29.2. The van der Waals surface area contributed by atoms with Gasteiger partial charge in [-0.25, -0.2) is 0 Å². The number of ketones is 2. The van der Waals surface area contributed by atoms with Crippen LogP contribution in [0, 0.1) is 6.92 Å². The van der Waals surface area contributed by atoms with Crippen molar-refractivity contribution in [1.82, 2.24) is 0 Å². The SMILES string of the molecule is CNc1ccc(Nc2ccc(C)cc2[S+]([O])(=O)O[NH3+])c2c1C(=O)c1ccccc1C2=O. The number of rotatable bonds is 5. The van der Waals surface area contributed by atoms with E-state index in [-0.39, 0.29) is 33.3 Å². The van der Waals surface area contributed by atoms with Crippen LogP contribution in [0.15, 0.2) is 59.5 Å². The lowest BCUT2D eigenvalue weighted by Crippen LogP contribution is -2.52. The summed E-state index contributed by atoms with van der Waals surface area (Å²) in [5.41, 5.74) is 2.77. The van der Waals surface area contributed by atoms with Crippen LogP contribution >= 0.6 is 0 Å². The molecule has 0 aromatic heterocycles. The second kappa shape index (κ2) is 7.71. The van der Waals surface area contributed by atoms with E-state index in [4.69, 9.17) is 0 Å². The molecule has 3 aromatic rings. The van der Waals surface area contributed by atoms with E-state index in [1.165, 1.54) is 6.07 Å². The first-order chi connectivity index (χ1) is 14.8. The van der Waals surface area contributed by atoms with Crippen LogP contribution in [0.1, 0.15) is 37.4 Å². The minimum Gasteiger partial charge on any atom is -0.388 e. The highest BCUT2D eigenvalue weighted by molar-refractivity contribution is 7.93. The normalized spacial score (nSPS) is 14.5. The maximum absolute atomic E-state index is 13.4. The molecule has 0 fully saturated rings. The number of hydrogen-bond donors (Lipinski definition) is 3. The Morgan fingerprint density at radius 3 is 2.00 bits per heavy atom. The topological polar surface area (TPSA) is 132 Å². The molecule has 1 unspecified atom stereocenters. The molecule has 9 heteroatoms. The highest BCUT2D eigenvalue weighted by Crippen LogP contribution is 2.39. The molecule has 1 atom stereocenters. The van der Waals surface area contributed by atoms with Gasteiger partial charge in [-0.05, 0) is 34.9 Å². The van der Waals surface area contributed by atoms with E-state index >= 15 is 0 Å². The third-order valence-electron chi connectivity index (χ3n) is 5.18. The Morgan fingerprint density at radius 1 is 0.871 bits per heavy atom. The van der Waals surface area contributed by atoms with Gasteiger partial charge in [-0.1, -0.05) is 30.3 Å². The summed E-state index contributed by atoms with van der Waals surface area (Å²) in [6.07, 6.45) is 0. The average Bonchev–Trinajstić information content (AvgIpc) is 2.78. The van der Waals surface area contributed by atoms with Crippen LogP contribution in [0.25, 0.3) is 0 Å². The maximum Gasteiger partial charge on any atom is 0.484 e. The molecule has 1 aliphatic rings. The Morgan fingerprint density at radius 2 is 1.42 bits per heavy atom. The molecule has 0 spiro atoms. The Kier molecular flexibility index (Phi) is 5.19. The lowest BCUT2D eigenvalue weighted by molar-refractivity contribution is -0.637. The average molecular weight is 438 g/mol. The number of benzene rings is 3. The molecule has 4 rings (SSSR count). The zero-order chi connectivity index (χ0) is 22.3. The standard InChI is InChI=1S/C22H19N3O5S/c1-12-7-8-15(18(11-12)31(28,29)30-23)25-17-10-9-16(24-2)19-20(17)22(27)14-6-4-3-5-13(14)21(19)26/h3-11H,1-2,23H3,(H-,24,25,26,27,28)/q+1/p+1. The van der Waals surface area contributed by atoms with Crippen molar-refractivity contribution in [3.8, 4) is 0 Å². The van der Waals surface area contributed by atoms with E-state index < -0.39 is 10.5 Å². The minimum absolute atomic E-state index is 0.121. The highest BCUT2D eigenvalue weighted by Gasteiger charge is 2.41. The van der Waals surface area contributed by atoms with Gasteiger partial charge in [0.1, 0.15) is 5.69 Å². The molecule has 0 saturated carbocycles. The van der Waals surface area contributed by atoms with Gasteiger partial charge in [0.05, 0.1) is 25.7 Å². The van der Waals surface area contributed by atoms with Crippen molar-refractivity contribution in [3.05, 3.63) is 82.4 Å². The Balaban J connectivity index is 1.92. The molecule has 3 aromatic carbocycles. The van der Waals surface area contributed by atoms with Gasteiger partial charge < -0.3 is 10.6 Å². The smallest absolute Gasteiger partial charge is 0.388 e. The fraction of sp³-hybridized carbons (Fsp3) is 0.0909. The summed E-state index contributed by atoms with van der Waals surface area (Å²) >= 11 is 0. The third kappa shape index (κ3) is 3.43. The molecule has 157 valence electrons. The number of quaternary nitrogens is 1. The van der Waals surface area contributed by atoms with Gasteiger partial charge in [-0.2, -0.15) is 5.90 Å². The summed E-state index contributed by atoms with van der Waals surface area (Å²) in [7, 11) is -2.45. The zero-order valence-corrected chi connectivity index (χ0v) is 17.7. The quantitative estimate of drug-likeness (QED) is 0.324. The first-order valence-electron chi connectivity index (χ1n) is 9.38. The zero-order valence-electron chi connectivity index (χ0n) is 16.9. The van der Waals surface area contributed by atoms with Crippen molar-refractivity contribution < 1.29 is 28.5 Å². The predicted molar refractivity (Wildman–Crippen MR) is 115 cm³/mol. The first kappa shape index (κ1) is 20.9. The van der Waals surface area contributed by atoms with Gasteiger partial charge in [0.15, 0.2) is 11.6 Å². The first-order valence-corrected chi connectivity index (χ1v) is 10.8. The van der Waals surface area contributed by atoms with Crippen molar-refractivity contribution in [3.63, 3.8) is 0 Å². The molecule has 31 heavy (non-hydrogen) atoms. The second-order valence-corrected chi connectivity index (χ2v) is 8.64. The summed E-state index contributed by atoms with van der Waals surface area (Å²) in [5, 5.41) is 5.97. The largest absolute Gasteiger partial charge is 0.484 e. The van der Waals surface area contributed by atoms with E-state index in [1.54, 1.807) is 62.5 Å². The van der Waals surface area contributed by atoms with E-state index in [1.807, 2.05) is 0 Å². The van der Waals surface area contributed by atoms with Gasteiger partial charge in [-0.15, -0.1) is 0 Å². The van der Waals surface area contributed by atoms with Crippen molar-refractivity contribution in [2.45, 2.75) is 11.8 Å². The molecular weight excluding hydrogens is 418 g/mol. The van der Waals surface area contributed by atoms with Gasteiger partial charge in [-0.3, -0.25) is 9.59 Å². The van der Waals surface area contributed by atoms with Crippen LogP contribution < -0.4 is 16.5 Å². The van der Waals surface area contributed by atoms with Gasteiger partial charge >= 0.3 is 10.5 Å². The molecule has 0 aliphatic heterocycles. The maximum atomic E-state index is 13.4. The molecular formula is C22H20N3O5S+2. The summed E-state index contributed by atoms with van der Waals surface area (Å²) in [5.74, 6) is 2.42. The second-order valence-electron chi connectivity index (χ2n) is 7.06. The fourth-order valence-electron chi connectivity index (χ4n) is 3.68. The van der Waals surface area contributed by atoms with Crippen LogP contribution in [-0.2, 0) is 23.5 Å². The molecule has 0 saturated heterocycles. The number of nitrogens with one attached hydrogen (secondary N) is 2. The Bertz CT molecular complexity index is 1290. The summed E-state index contributed by atoms with van der Waals surface area (Å²) in [4.78, 5) is 26.4. The van der Waals surface area contributed by atoms with Gasteiger partial charge in [0.25, 0.3) is 4.90 Å². The predicted octanol–water partition coefficient (Wildman–Crippen LogP) is 2.85. The number of anilines is 3. The van der Waals surface area contributed by atoms with Crippen LogP contribution in [-0.4, -0.2) is 18.6 Å². The monoisotopic (exact) mass is 438 g/mol.